The fourth-order valence-electron chi connectivity index (χ4n) is 2.65. The standard InChI is InChI=1S/C17H37NO3S.C2H5NO2/c1-3-4-5-6-7-8-9-10-11-12-15-18(2)16-13-14-17-22(19,20)21;3-1-2(4)5/h3-17H2,1-2H3,(H,19,20,21);1,3H2,(H,4,5). The number of carbonyl (C=O) groups is 1. The highest BCUT2D eigenvalue weighted by molar-refractivity contribution is 7.85. The Kier molecular flexibility index (Phi) is 21.2. The highest BCUT2D eigenvalue weighted by atomic mass is 32.2. The van der Waals surface area contributed by atoms with Gasteiger partial charge in [-0.3, -0.25) is 9.35 Å². The van der Waals surface area contributed by atoms with Crippen molar-refractivity contribution in [1.82, 2.24) is 4.90 Å². The Morgan fingerprint density at radius 3 is 1.59 bits per heavy atom. The lowest BCUT2D eigenvalue weighted by Gasteiger charge is -2.16. The fraction of sp³-hybridized carbons (Fsp3) is 0.947. The second-order valence-corrected chi connectivity index (χ2v) is 8.65. The van der Waals surface area contributed by atoms with Crippen LogP contribution in [0.25, 0.3) is 0 Å². The van der Waals surface area contributed by atoms with Crippen molar-refractivity contribution in [3.63, 3.8) is 0 Å². The van der Waals surface area contributed by atoms with Gasteiger partial charge in [0.15, 0.2) is 0 Å². The molecule has 0 aliphatic heterocycles. The van der Waals surface area contributed by atoms with Crippen LogP contribution in [0.15, 0.2) is 0 Å². The second-order valence-electron chi connectivity index (χ2n) is 7.08. The Bertz CT molecular complexity index is 430. The molecule has 4 N–H and O–H groups in total. The first-order valence-corrected chi connectivity index (χ1v) is 11.9. The summed E-state index contributed by atoms with van der Waals surface area (Å²) in [6.07, 6.45) is 14.9. The van der Waals surface area contributed by atoms with E-state index in [1.807, 2.05) is 0 Å². The third-order valence-corrected chi connectivity index (χ3v) is 5.06. The maximum Gasteiger partial charge on any atom is 0.317 e. The molecule has 0 aliphatic rings. The molecule has 0 saturated heterocycles. The molecule has 0 unspecified atom stereocenters. The summed E-state index contributed by atoms with van der Waals surface area (Å²) >= 11 is 0. The predicted molar refractivity (Wildman–Crippen MR) is 112 cm³/mol. The van der Waals surface area contributed by atoms with Gasteiger partial charge in [-0.2, -0.15) is 8.42 Å². The van der Waals surface area contributed by atoms with Crippen molar-refractivity contribution in [3.05, 3.63) is 0 Å². The molecule has 8 heteroatoms. The van der Waals surface area contributed by atoms with Crippen molar-refractivity contribution in [2.24, 2.45) is 5.73 Å². The summed E-state index contributed by atoms with van der Waals surface area (Å²) in [6, 6.07) is 0. The Balaban J connectivity index is 0. The first-order chi connectivity index (χ1) is 12.7. The monoisotopic (exact) mass is 410 g/mol. The molecule has 0 spiro atoms. The molecule has 0 heterocycles. The largest absolute Gasteiger partial charge is 0.480 e. The molecule has 0 aromatic carbocycles. The highest BCUT2D eigenvalue weighted by Crippen LogP contribution is 2.10. The van der Waals surface area contributed by atoms with E-state index >= 15 is 0 Å². The van der Waals surface area contributed by atoms with E-state index in [2.05, 4.69) is 24.6 Å². The molecular formula is C19H42N2O5S. The van der Waals surface area contributed by atoms with Crippen molar-refractivity contribution >= 4 is 16.1 Å². The Morgan fingerprint density at radius 1 is 0.852 bits per heavy atom. The van der Waals surface area contributed by atoms with Gasteiger partial charge in [-0.1, -0.05) is 64.7 Å². The normalized spacial score (nSPS) is 11.3. The predicted octanol–water partition coefficient (Wildman–Crippen LogP) is 3.54. The van der Waals surface area contributed by atoms with Gasteiger partial charge in [0.25, 0.3) is 10.1 Å². The van der Waals surface area contributed by atoms with Crippen molar-refractivity contribution in [1.29, 1.82) is 0 Å². The van der Waals surface area contributed by atoms with Gasteiger partial charge < -0.3 is 15.7 Å². The van der Waals surface area contributed by atoms with E-state index in [0.717, 1.165) is 19.5 Å². The zero-order chi connectivity index (χ0) is 21.0. The number of hydrogen-bond acceptors (Lipinski definition) is 5. The number of nitrogens with two attached hydrogens (primary N) is 1. The summed E-state index contributed by atoms with van der Waals surface area (Å²) in [5.41, 5.74) is 4.57. The summed E-state index contributed by atoms with van der Waals surface area (Å²) in [5, 5.41) is 7.60. The van der Waals surface area contributed by atoms with Gasteiger partial charge in [0.05, 0.1) is 12.3 Å². The molecule has 164 valence electrons. The van der Waals surface area contributed by atoms with Gasteiger partial charge in [0, 0.05) is 0 Å². The number of carboxylic acids is 1. The van der Waals surface area contributed by atoms with E-state index in [0.29, 0.717) is 6.42 Å². The van der Waals surface area contributed by atoms with E-state index in [1.165, 1.54) is 64.2 Å². The first kappa shape index (κ1) is 28.5. The maximum atomic E-state index is 10.6. The van der Waals surface area contributed by atoms with E-state index < -0.39 is 16.1 Å². The third-order valence-electron chi connectivity index (χ3n) is 4.26. The molecule has 0 bridgehead atoms. The zero-order valence-corrected chi connectivity index (χ0v) is 18.2. The van der Waals surface area contributed by atoms with Crippen LogP contribution < -0.4 is 5.73 Å². The highest BCUT2D eigenvalue weighted by Gasteiger charge is 2.04. The topological polar surface area (TPSA) is 121 Å². The Labute approximate surface area is 166 Å². The number of rotatable bonds is 17. The molecule has 7 nitrogen and oxygen atoms in total. The molecule has 0 atom stereocenters. The quantitative estimate of drug-likeness (QED) is 0.248. The molecule has 0 aromatic heterocycles. The first-order valence-electron chi connectivity index (χ1n) is 10.3. The zero-order valence-electron chi connectivity index (χ0n) is 17.4. The molecule has 0 radical (unpaired) electrons. The molecular weight excluding hydrogens is 368 g/mol. The van der Waals surface area contributed by atoms with Crippen molar-refractivity contribution in [3.8, 4) is 0 Å². The minimum atomic E-state index is -3.78. The van der Waals surface area contributed by atoms with E-state index in [1.54, 1.807) is 0 Å². The van der Waals surface area contributed by atoms with Crippen LogP contribution in [-0.4, -0.2) is 61.4 Å². The van der Waals surface area contributed by atoms with Gasteiger partial charge in [0.1, 0.15) is 0 Å². The van der Waals surface area contributed by atoms with Crippen LogP contribution in [0, 0.1) is 0 Å². The van der Waals surface area contributed by atoms with E-state index in [9.17, 15) is 13.2 Å². The molecule has 0 fully saturated rings. The Hall–Kier alpha value is -0.700. The van der Waals surface area contributed by atoms with E-state index in [4.69, 9.17) is 9.66 Å². The average molecular weight is 411 g/mol. The second kappa shape index (κ2) is 20.0. The lowest BCUT2D eigenvalue weighted by atomic mass is 10.1. The molecule has 0 aliphatic carbocycles. The molecule has 0 amide bonds. The molecule has 27 heavy (non-hydrogen) atoms. The van der Waals surface area contributed by atoms with Crippen LogP contribution in [0.2, 0.25) is 0 Å². The van der Waals surface area contributed by atoms with Gasteiger partial charge in [0.2, 0.25) is 0 Å². The summed E-state index contributed by atoms with van der Waals surface area (Å²) in [6.45, 7) is 3.97. The smallest absolute Gasteiger partial charge is 0.317 e. The van der Waals surface area contributed by atoms with Crippen LogP contribution >= 0.6 is 0 Å². The summed E-state index contributed by atoms with van der Waals surface area (Å²) in [7, 11) is -1.69. The van der Waals surface area contributed by atoms with Crippen LogP contribution in [0.1, 0.15) is 84.0 Å². The summed E-state index contributed by atoms with van der Waals surface area (Å²) < 4.78 is 29.8. The van der Waals surface area contributed by atoms with Gasteiger partial charge >= 0.3 is 5.97 Å². The van der Waals surface area contributed by atoms with Crippen LogP contribution in [0.5, 0.6) is 0 Å². The van der Waals surface area contributed by atoms with Crippen molar-refractivity contribution in [2.75, 3.05) is 32.4 Å². The minimum absolute atomic E-state index is 0.112. The van der Waals surface area contributed by atoms with Crippen molar-refractivity contribution < 1.29 is 22.9 Å². The third kappa shape index (κ3) is 30.3. The molecule has 0 rings (SSSR count). The summed E-state index contributed by atoms with van der Waals surface area (Å²) in [4.78, 5) is 11.5. The van der Waals surface area contributed by atoms with Gasteiger partial charge in [-0.05, 0) is 39.4 Å². The van der Waals surface area contributed by atoms with Gasteiger partial charge in [-0.15, -0.1) is 0 Å². The number of unbranched alkanes of at least 4 members (excludes halogenated alkanes) is 10. The van der Waals surface area contributed by atoms with Crippen LogP contribution in [-0.2, 0) is 14.9 Å². The van der Waals surface area contributed by atoms with Crippen LogP contribution in [0.3, 0.4) is 0 Å². The number of carboxylic acid groups (broad SMARTS) is 1. The lowest BCUT2D eigenvalue weighted by Crippen LogP contribution is -2.21. The minimum Gasteiger partial charge on any atom is -0.480 e. The van der Waals surface area contributed by atoms with Gasteiger partial charge in [-0.25, -0.2) is 0 Å². The molecule has 0 aromatic rings. The van der Waals surface area contributed by atoms with E-state index in [-0.39, 0.29) is 12.3 Å². The maximum absolute atomic E-state index is 10.6. The average Bonchev–Trinajstić information content (AvgIpc) is 2.60. The number of nitrogens with zero attached hydrogens (tertiary/aromatic N) is 1. The summed E-state index contributed by atoms with van der Waals surface area (Å²) in [5.74, 6) is -1.08. The number of hydrogen-bond donors (Lipinski definition) is 3. The Morgan fingerprint density at radius 2 is 1.22 bits per heavy atom. The van der Waals surface area contributed by atoms with Crippen molar-refractivity contribution in [2.45, 2.75) is 84.0 Å². The van der Waals surface area contributed by atoms with Crippen LogP contribution in [0.4, 0.5) is 0 Å². The lowest BCUT2D eigenvalue weighted by molar-refractivity contribution is -0.135. The SMILES string of the molecule is CCCCCCCCCCCCN(C)CCCCS(=O)(=O)O.NCC(=O)O. The fourth-order valence-corrected chi connectivity index (χ4v) is 3.22. The molecule has 0 saturated carbocycles. The number of aliphatic carboxylic acids is 1.